The normalized spacial score (nSPS) is 23.1. The summed E-state index contributed by atoms with van der Waals surface area (Å²) in [6.07, 6.45) is 8.14. The highest BCUT2D eigenvalue weighted by molar-refractivity contribution is 5.73. The molecule has 1 N–H and O–H groups in total. The molecular weight excluding hydrogens is 216 g/mol. The number of carbonyl (C=O) groups excluding carboxylic acids is 1. The lowest BCUT2D eigenvalue weighted by Crippen LogP contribution is -2.36. The van der Waals surface area contributed by atoms with Crippen LogP contribution in [-0.4, -0.2) is 23.8 Å². The Hall–Kier alpha value is -0.830. The SMILES string of the molecule is CCCC(C(=O)OCC)C(O)C1CC=CCC1. The van der Waals surface area contributed by atoms with Crippen molar-refractivity contribution < 1.29 is 14.6 Å². The Bertz CT molecular complexity index is 260. The van der Waals surface area contributed by atoms with E-state index >= 15 is 0 Å². The minimum Gasteiger partial charge on any atom is -0.466 e. The second-order valence-electron chi connectivity index (χ2n) is 4.68. The standard InChI is InChI=1S/C14H24O3/c1-3-8-12(14(16)17-4-2)13(15)11-9-6-5-7-10-11/h5-6,11-13,15H,3-4,7-10H2,1-2H3. The fraction of sp³-hybridized carbons (Fsp3) is 0.786. The predicted octanol–water partition coefficient (Wildman–Crippen LogP) is 2.68. The first-order valence-electron chi connectivity index (χ1n) is 6.70. The molecule has 0 aromatic heterocycles. The molecule has 0 fully saturated rings. The van der Waals surface area contributed by atoms with Gasteiger partial charge in [-0.25, -0.2) is 0 Å². The van der Waals surface area contributed by atoms with Gasteiger partial charge < -0.3 is 9.84 Å². The molecule has 3 unspecified atom stereocenters. The summed E-state index contributed by atoms with van der Waals surface area (Å²) < 4.78 is 5.05. The molecule has 0 aliphatic heterocycles. The molecule has 0 amide bonds. The van der Waals surface area contributed by atoms with E-state index in [1.165, 1.54) is 0 Å². The molecule has 0 radical (unpaired) electrons. The molecule has 3 nitrogen and oxygen atoms in total. The van der Waals surface area contributed by atoms with Gasteiger partial charge in [0.15, 0.2) is 0 Å². The molecule has 3 heteroatoms. The Morgan fingerprint density at radius 2 is 2.24 bits per heavy atom. The van der Waals surface area contributed by atoms with Crippen LogP contribution < -0.4 is 0 Å². The van der Waals surface area contributed by atoms with E-state index in [-0.39, 0.29) is 17.8 Å². The predicted molar refractivity (Wildman–Crippen MR) is 67.5 cm³/mol. The minimum absolute atomic E-state index is 0.209. The number of aliphatic hydroxyl groups excluding tert-OH is 1. The molecule has 3 atom stereocenters. The average molecular weight is 240 g/mol. The zero-order valence-corrected chi connectivity index (χ0v) is 10.9. The molecule has 0 aromatic rings. The second kappa shape index (κ2) is 7.49. The Balaban J connectivity index is 2.61. The third-order valence-corrected chi connectivity index (χ3v) is 3.39. The highest BCUT2D eigenvalue weighted by Gasteiger charge is 2.32. The van der Waals surface area contributed by atoms with Gasteiger partial charge in [0.25, 0.3) is 0 Å². The lowest BCUT2D eigenvalue weighted by Gasteiger charge is -2.29. The summed E-state index contributed by atoms with van der Waals surface area (Å²) in [5, 5.41) is 10.3. The molecule has 0 saturated carbocycles. The topological polar surface area (TPSA) is 46.5 Å². The maximum atomic E-state index is 11.8. The van der Waals surface area contributed by atoms with Gasteiger partial charge in [-0.1, -0.05) is 25.5 Å². The maximum Gasteiger partial charge on any atom is 0.311 e. The Morgan fingerprint density at radius 1 is 1.47 bits per heavy atom. The van der Waals surface area contributed by atoms with Crippen molar-refractivity contribution in [3.8, 4) is 0 Å². The van der Waals surface area contributed by atoms with Crippen molar-refractivity contribution in [2.24, 2.45) is 11.8 Å². The van der Waals surface area contributed by atoms with E-state index in [9.17, 15) is 9.90 Å². The van der Waals surface area contributed by atoms with Crippen molar-refractivity contribution in [2.75, 3.05) is 6.61 Å². The summed E-state index contributed by atoms with van der Waals surface area (Å²) in [5.41, 5.74) is 0. The number of ether oxygens (including phenoxy) is 1. The number of carbonyl (C=O) groups is 1. The first-order valence-corrected chi connectivity index (χ1v) is 6.70. The number of hydrogen-bond donors (Lipinski definition) is 1. The van der Waals surface area contributed by atoms with Crippen LogP contribution >= 0.6 is 0 Å². The summed E-state index contributed by atoms with van der Waals surface area (Å²) in [6, 6.07) is 0. The Kier molecular flexibility index (Phi) is 6.27. The number of esters is 1. The van der Waals surface area contributed by atoms with E-state index < -0.39 is 6.10 Å². The van der Waals surface area contributed by atoms with E-state index in [1.807, 2.05) is 6.92 Å². The average Bonchev–Trinajstić information content (AvgIpc) is 2.36. The van der Waals surface area contributed by atoms with Gasteiger partial charge in [0.1, 0.15) is 0 Å². The lowest BCUT2D eigenvalue weighted by molar-refractivity contribution is -0.154. The van der Waals surface area contributed by atoms with Crippen LogP contribution in [0.4, 0.5) is 0 Å². The van der Waals surface area contributed by atoms with Gasteiger partial charge in [-0.15, -0.1) is 0 Å². The smallest absolute Gasteiger partial charge is 0.311 e. The van der Waals surface area contributed by atoms with Gasteiger partial charge in [0.2, 0.25) is 0 Å². The summed E-state index contributed by atoms with van der Waals surface area (Å²) in [7, 11) is 0. The molecule has 0 spiro atoms. The number of aliphatic hydroxyl groups is 1. The molecule has 0 aromatic carbocycles. The van der Waals surface area contributed by atoms with Gasteiger partial charge >= 0.3 is 5.97 Å². The molecule has 0 heterocycles. The van der Waals surface area contributed by atoms with Gasteiger partial charge in [-0.2, -0.15) is 0 Å². The van der Waals surface area contributed by atoms with Crippen LogP contribution in [-0.2, 0) is 9.53 Å². The van der Waals surface area contributed by atoms with E-state index in [0.29, 0.717) is 13.0 Å². The third-order valence-electron chi connectivity index (χ3n) is 3.39. The first-order chi connectivity index (χ1) is 8.20. The minimum atomic E-state index is -0.557. The van der Waals surface area contributed by atoms with Crippen LogP contribution in [0.3, 0.4) is 0 Å². The van der Waals surface area contributed by atoms with Crippen LogP contribution in [0.1, 0.15) is 46.0 Å². The number of hydrogen-bond acceptors (Lipinski definition) is 3. The van der Waals surface area contributed by atoms with Gasteiger partial charge in [-0.3, -0.25) is 4.79 Å². The zero-order chi connectivity index (χ0) is 12.7. The van der Waals surface area contributed by atoms with Crippen LogP contribution in [0.25, 0.3) is 0 Å². The quantitative estimate of drug-likeness (QED) is 0.573. The van der Waals surface area contributed by atoms with Crippen molar-refractivity contribution in [1.82, 2.24) is 0 Å². The van der Waals surface area contributed by atoms with E-state index in [0.717, 1.165) is 25.7 Å². The molecule has 17 heavy (non-hydrogen) atoms. The van der Waals surface area contributed by atoms with Crippen LogP contribution in [0, 0.1) is 11.8 Å². The molecule has 0 bridgehead atoms. The van der Waals surface area contributed by atoms with Crippen LogP contribution in [0.15, 0.2) is 12.2 Å². The summed E-state index contributed by atoms with van der Waals surface area (Å²) in [6.45, 7) is 4.21. The Labute approximate surface area is 104 Å². The van der Waals surface area contributed by atoms with Crippen molar-refractivity contribution in [2.45, 2.75) is 52.1 Å². The van der Waals surface area contributed by atoms with E-state index in [4.69, 9.17) is 4.74 Å². The maximum absolute atomic E-state index is 11.8. The fourth-order valence-electron chi connectivity index (χ4n) is 2.44. The molecule has 0 saturated heterocycles. The van der Waals surface area contributed by atoms with Gasteiger partial charge in [-0.05, 0) is 38.5 Å². The first kappa shape index (κ1) is 14.2. The highest BCUT2D eigenvalue weighted by atomic mass is 16.5. The van der Waals surface area contributed by atoms with E-state index in [2.05, 4.69) is 12.2 Å². The summed E-state index contributed by atoms with van der Waals surface area (Å²) in [5.74, 6) is -0.381. The van der Waals surface area contributed by atoms with Gasteiger partial charge in [0, 0.05) is 0 Å². The van der Waals surface area contributed by atoms with Gasteiger partial charge in [0.05, 0.1) is 18.6 Å². The second-order valence-corrected chi connectivity index (χ2v) is 4.68. The highest BCUT2D eigenvalue weighted by Crippen LogP contribution is 2.28. The zero-order valence-electron chi connectivity index (χ0n) is 10.9. The van der Waals surface area contributed by atoms with Crippen molar-refractivity contribution in [3.05, 3.63) is 12.2 Å². The van der Waals surface area contributed by atoms with Crippen LogP contribution in [0.5, 0.6) is 0 Å². The van der Waals surface area contributed by atoms with Crippen molar-refractivity contribution >= 4 is 5.97 Å². The molecule has 1 rings (SSSR count). The van der Waals surface area contributed by atoms with E-state index in [1.54, 1.807) is 6.92 Å². The monoisotopic (exact) mass is 240 g/mol. The lowest BCUT2D eigenvalue weighted by atomic mass is 9.81. The summed E-state index contributed by atoms with van der Waals surface area (Å²) >= 11 is 0. The van der Waals surface area contributed by atoms with Crippen LogP contribution in [0.2, 0.25) is 0 Å². The number of rotatable bonds is 6. The molecular formula is C14H24O3. The Morgan fingerprint density at radius 3 is 2.76 bits per heavy atom. The third kappa shape index (κ3) is 4.15. The van der Waals surface area contributed by atoms with Crippen molar-refractivity contribution in [1.29, 1.82) is 0 Å². The molecule has 1 aliphatic rings. The molecule has 1 aliphatic carbocycles. The molecule has 98 valence electrons. The van der Waals surface area contributed by atoms with Crippen molar-refractivity contribution in [3.63, 3.8) is 0 Å². The largest absolute Gasteiger partial charge is 0.466 e. The fourth-order valence-corrected chi connectivity index (χ4v) is 2.44. The summed E-state index contributed by atoms with van der Waals surface area (Å²) in [4.78, 5) is 11.8. The number of allylic oxidation sites excluding steroid dienone is 2.